The van der Waals surface area contributed by atoms with Crippen molar-refractivity contribution >= 4 is 11.8 Å². The molecule has 0 radical (unpaired) electrons. The second-order valence-corrected chi connectivity index (χ2v) is 7.14. The number of rotatable bonds is 5. The Morgan fingerprint density at radius 1 is 1.28 bits per heavy atom. The van der Waals surface area contributed by atoms with Crippen LogP contribution >= 0.6 is 11.8 Å². The van der Waals surface area contributed by atoms with Gasteiger partial charge in [0.2, 0.25) is 0 Å². The maximum Gasteiger partial charge on any atom is 0.0165 e. The van der Waals surface area contributed by atoms with Crippen LogP contribution in [0.5, 0.6) is 0 Å². The lowest BCUT2D eigenvalue weighted by Crippen LogP contribution is -2.43. The van der Waals surface area contributed by atoms with Crippen molar-refractivity contribution in [3.8, 4) is 0 Å². The molecule has 2 aliphatic heterocycles. The minimum Gasteiger partial charge on any atom is -0.314 e. The Morgan fingerprint density at radius 3 is 2.67 bits per heavy atom. The molecule has 2 heterocycles. The van der Waals surface area contributed by atoms with Gasteiger partial charge in [-0.1, -0.05) is 11.6 Å². The highest BCUT2D eigenvalue weighted by molar-refractivity contribution is 7.99. The highest BCUT2D eigenvalue weighted by Crippen LogP contribution is 2.23. The normalized spacial score (nSPS) is 26.4. The molecule has 0 aromatic heterocycles. The van der Waals surface area contributed by atoms with Crippen LogP contribution in [-0.4, -0.2) is 48.6 Å². The molecule has 2 nitrogen and oxygen atoms in total. The molecule has 0 saturated carbocycles. The number of allylic oxidation sites excluding steroid dienone is 1. The zero-order chi connectivity index (χ0) is 12.8. The van der Waals surface area contributed by atoms with Crippen LogP contribution in [-0.2, 0) is 0 Å². The summed E-state index contributed by atoms with van der Waals surface area (Å²) < 4.78 is 0. The summed E-state index contributed by atoms with van der Waals surface area (Å²) in [5.41, 5.74) is 1.44. The zero-order valence-electron chi connectivity index (χ0n) is 12.0. The van der Waals surface area contributed by atoms with Gasteiger partial charge in [-0.05, 0) is 70.2 Å². The molecule has 0 aromatic carbocycles. The van der Waals surface area contributed by atoms with Gasteiger partial charge >= 0.3 is 0 Å². The predicted molar refractivity (Wildman–Crippen MR) is 82.3 cm³/mol. The van der Waals surface area contributed by atoms with Crippen molar-refractivity contribution in [2.75, 3.05) is 37.7 Å². The Balaban J connectivity index is 1.59. The van der Waals surface area contributed by atoms with Crippen LogP contribution in [0, 0.1) is 5.92 Å². The molecule has 2 aliphatic rings. The van der Waals surface area contributed by atoms with E-state index in [0.717, 1.165) is 18.5 Å². The molecule has 0 amide bonds. The Labute approximate surface area is 117 Å². The highest BCUT2D eigenvalue weighted by Gasteiger charge is 2.20. The maximum absolute atomic E-state index is 3.79. The second kappa shape index (κ2) is 7.56. The van der Waals surface area contributed by atoms with Gasteiger partial charge in [-0.25, -0.2) is 0 Å². The number of thioether (sulfide) groups is 1. The fraction of sp³-hybridized carbons (Fsp3) is 0.867. The van der Waals surface area contributed by atoms with E-state index in [1.54, 1.807) is 0 Å². The molecule has 1 atom stereocenters. The summed E-state index contributed by atoms with van der Waals surface area (Å²) in [6.45, 7) is 9.31. The van der Waals surface area contributed by atoms with Crippen molar-refractivity contribution in [2.45, 2.75) is 39.2 Å². The van der Waals surface area contributed by atoms with Crippen LogP contribution in [0.1, 0.15) is 33.1 Å². The third-order valence-corrected chi connectivity index (χ3v) is 5.30. The summed E-state index contributed by atoms with van der Waals surface area (Å²) in [6, 6.07) is 0.776. The summed E-state index contributed by atoms with van der Waals surface area (Å²) in [6.07, 6.45) is 6.44. The zero-order valence-corrected chi connectivity index (χ0v) is 12.8. The van der Waals surface area contributed by atoms with Gasteiger partial charge in [0.05, 0.1) is 0 Å². The van der Waals surface area contributed by atoms with E-state index in [-0.39, 0.29) is 0 Å². The number of piperidine rings is 1. The largest absolute Gasteiger partial charge is 0.314 e. The van der Waals surface area contributed by atoms with Crippen LogP contribution in [0.15, 0.2) is 11.6 Å². The predicted octanol–water partition coefficient (Wildman–Crippen LogP) is 2.76. The van der Waals surface area contributed by atoms with Crippen molar-refractivity contribution in [1.82, 2.24) is 10.2 Å². The molecule has 1 unspecified atom stereocenters. The minimum atomic E-state index is 0.776. The SMILES string of the molecule is CC(C)=CCN1CCC(NCC2CCSC2)CC1. The maximum atomic E-state index is 3.79. The summed E-state index contributed by atoms with van der Waals surface area (Å²) in [7, 11) is 0. The van der Waals surface area contributed by atoms with Gasteiger partial charge in [-0.3, -0.25) is 4.90 Å². The summed E-state index contributed by atoms with van der Waals surface area (Å²) in [5, 5.41) is 3.79. The topological polar surface area (TPSA) is 15.3 Å². The van der Waals surface area contributed by atoms with Crippen LogP contribution < -0.4 is 5.32 Å². The van der Waals surface area contributed by atoms with Crippen LogP contribution in [0.3, 0.4) is 0 Å². The number of nitrogens with zero attached hydrogens (tertiary/aromatic N) is 1. The molecule has 2 rings (SSSR count). The summed E-state index contributed by atoms with van der Waals surface area (Å²) >= 11 is 2.12. The van der Waals surface area contributed by atoms with Crippen molar-refractivity contribution in [3.63, 3.8) is 0 Å². The van der Waals surface area contributed by atoms with E-state index in [9.17, 15) is 0 Å². The van der Waals surface area contributed by atoms with E-state index in [1.165, 1.54) is 56.0 Å². The molecule has 0 aromatic rings. The standard InChI is InChI=1S/C15H28N2S/c1-13(2)3-7-17-8-4-15(5-9-17)16-11-14-6-10-18-12-14/h3,14-16H,4-12H2,1-2H3. The quantitative estimate of drug-likeness (QED) is 0.772. The van der Waals surface area contributed by atoms with Gasteiger partial charge in [0.25, 0.3) is 0 Å². The molecular weight excluding hydrogens is 240 g/mol. The van der Waals surface area contributed by atoms with Crippen LogP contribution in [0.4, 0.5) is 0 Å². The van der Waals surface area contributed by atoms with E-state index >= 15 is 0 Å². The van der Waals surface area contributed by atoms with E-state index in [1.807, 2.05) is 0 Å². The first kappa shape index (κ1) is 14.4. The lowest BCUT2D eigenvalue weighted by atomic mass is 10.0. The Morgan fingerprint density at radius 2 is 2.06 bits per heavy atom. The van der Waals surface area contributed by atoms with Crippen LogP contribution in [0.2, 0.25) is 0 Å². The fourth-order valence-corrected chi connectivity index (χ4v) is 3.99. The monoisotopic (exact) mass is 268 g/mol. The van der Waals surface area contributed by atoms with E-state index in [0.29, 0.717) is 0 Å². The molecule has 1 N–H and O–H groups in total. The first-order valence-electron chi connectivity index (χ1n) is 7.41. The van der Waals surface area contributed by atoms with Crippen LogP contribution in [0.25, 0.3) is 0 Å². The van der Waals surface area contributed by atoms with E-state index in [4.69, 9.17) is 0 Å². The van der Waals surface area contributed by atoms with Crippen molar-refractivity contribution < 1.29 is 0 Å². The van der Waals surface area contributed by atoms with Crippen molar-refractivity contribution in [2.24, 2.45) is 5.92 Å². The number of likely N-dealkylation sites (tertiary alicyclic amines) is 1. The molecule has 18 heavy (non-hydrogen) atoms. The van der Waals surface area contributed by atoms with E-state index in [2.05, 4.69) is 41.9 Å². The van der Waals surface area contributed by atoms with Crippen molar-refractivity contribution in [3.05, 3.63) is 11.6 Å². The number of hydrogen-bond donors (Lipinski definition) is 1. The summed E-state index contributed by atoms with van der Waals surface area (Å²) in [5.74, 6) is 3.71. The van der Waals surface area contributed by atoms with Gasteiger partial charge in [-0.15, -0.1) is 0 Å². The smallest absolute Gasteiger partial charge is 0.0165 e. The lowest BCUT2D eigenvalue weighted by molar-refractivity contribution is 0.212. The molecular formula is C15H28N2S. The van der Waals surface area contributed by atoms with Gasteiger partial charge in [0, 0.05) is 12.6 Å². The van der Waals surface area contributed by atoms with Gasteiger partial charge < -0.3 is 5.32 Å². The summed E-state index contributed by atoms with van der Waals surface area (Å²) in [4.78, 5) is 2.58. The van der Waals surface area contributed by atoms with Gasteiger partial charge in [0.15, 0.2) is 0 Å². The Kier molecular flexibility index (Phi) is 6.06. The minimum absolute atomic E-state index is 0.776. The Bertz CT molecular complexity index is 260. The van der Waals surface area contributed by atoms with Gasteiger partial charge in [-0.2, -0.15) is 11.8 Å². The average molecular weight is 268 g/mol. The van der Waals surface area contributed by atoms with Gasteiger partial charge in [0.1, 0.15) is 0 Å². The first-order valence-corrected chi connectivity index (χ1v) is 8.56. The number of hydrogen-bond acceptors (Lipinski definition) is 3. The average Bonchev–Trinajstić information content (AvgIpc) is 2.88. The molecule has 3 heteroatoms. The first-order chi connectivity index (χ1) is 8.74. The molecule has 104 valence electrons. The molecule has 0 bridgehead atoms. The molecule has 0 aliphatic carbocycles. The third-order valence-electron chi connectivity index (χ3n) is 4.06. The fourth-order valence-electron chi connectivity index (χ4n) is 2.71. The van der Waals surface area contributed by atoms with Crippen molar-refractivity contribution in [1.29, 1.82) is 0 Å². The molecule has 0 spiro atoms. The number of nitrogens with one attached hydrogen (secondary N) is 1. The lowest BCUT2D eigenvalue weighted by Gasteiger charge is -2.32. The second-order valence-electron chi connectivity index (χ2n) is 5.99. The molecule has 2 fully saturated rings. The Hall–Kier alpha value is 0.0100. The molecule has 2 saturated heterocycles. The van der Waals surface area contributed by atoms with E-state index < -0.39 is 0 Å². The third kappa shape index (κ3) is 4.94. The highest BCUT2D eigenvalue weighted by atomic mass is 32.2.